The first-order chi connectivity index (χ1) is 8.15. The van der Waals surface area contributed by atoms with Gasteiger partial charge in [0.1, 0.15) is 18.2 Å². The van der Waals surface area contributed by atoms with E-state index in [1.165, 1.54) is 12.1 Å². The predicted molar refractivity (Wildman–Crippen MR) is 77.6 cm³/mol. The van der Waals surface area contributed by atoms with Crippen LogP contribution in [0.25, 0.3) is 0 Å². The van der Waals surface area contributed by atoms with Crippen molar-refractivity contribution in [2.45, 2.75) is 6.61 Å². The summed E-state index contributed by atoms with van der Waals surface area (Å²) in [6.45, 7) is 0.418. The molecule has 0 bridgehead atoms. The number of halogens is 3. The van der Waals surface area contributed by atoms with Gasteiger partial charge in [0.05, 0.1) is 0 Å². The SMILES string of the molecule is Fc1ccc(COc2ccc(I)cc2)c(Br)c1. The van der Waals surface area contributed by atoms with Crippen molar-refractivity contribution < 1.29 is 9.13 Å². The van der Waals surface area contributed by atoms with Crippen LogP contribution in [0.1, 0.15) is 5.56 Å². The molecule has 0 amide bonds. The summed E-state index contributed by atoms with van der Waals surface area (Å²) in [6.07, 6.45) is 0. The summed E-state index contributed by atoms with van der Waals surface area (Å²) in [7, 11) is 0. The maximum atomic E-state index is 12.9. The molecule has 88 valence electrons. The Balaban J connectivity index is 2.04. The monoisotopic (exact) mass is 406 g/mol. The van der Waals surface area contributed by atoms with Crippen molar-refractivity contribution in [1.82, 2.24) is 0 Å². The Morgan fingerprint density at radius 2 is 1.82 bits per heavy atom. The van der Waals surface area contributed by atoms with Gasteiger partial charge in [0.2, 0.25) is 0 Å². The van der Waals surface area contributed by atoms with E-state index < -0.39 is 0 Å². The Morgan fingerprint density at radius 3 is 2.47 bits per heavy atom. The van der Waals surface area contributed by atoms with Crippen molar-refractivity contribution in [3.8, 4) is 5.75 Å². The zero-order chi connectivity index (χ0) is 12.3. The topological polar surface area (TPSA) is 9.23 Å². The van der Waals surface area contributed by atoms with Crippen molar-refractivity contribution in [3.05, 3.63) is 61.9 Å². The fourth-order valence-corrected chi connectivity index (χ4v) is 2.16. The number of hydrogen-bond donors (Lipinski definition) is 0. The lowest BCUT2D eigenvalue weighted by atomic mass is 10.2. The molecule has 0 N–H and O–H groups in total. The van der Waals surface area contributed by atoms with Gasteiger partial charge in [-0.05, 0) is 59.0 Å². The van der Waals surface area contributed by atoms with E-state index in [1.807, 2.05) is 24.3 Å². The Kier molecular flexibility index (Phi) is 4.39. The highest BCUT2D eigenvalue weighted by Crippen LogP contribution is 2.21. The molecular weight excluding hydrogens is 398 g/mol. The fraction of sp³-hybridized carbons (Fsp3) is 0.0769. The zero-order valence-corrected chi connectivity index (χ0v) is 12.5. The van der Waals surface area contributed by atoms with Crippen LogP contribution in [0.15, 0.2) is 46.9 Å². The van der Waals surface area contributed by atoms with E-state index in [0.29, 0.717) is 6.61 Å². The summed E-state index contributed by atoms with van der Waals surface area (Å²) in [4.78, 5) is 0. The molecule has 0 spiro atoms. The van der Waals surface area contributed by atoms with E-state index in [4.69, 9.17) is 4.74 Å². The van der Waals surface area contributed by atoms with Gasteiger partial charge in [-0.1, -0.05) is 22.0 Å². The highest BCUT2D eigenvalue weighted by Gasteiger charge is 2.02. The van der Waals surface area contributed by atoms with Gasteiger partial charge in [-0.2, -0.15) is 0 Å². The summed E-state index contributed by atoms with van der Waals surface area (Å²) < 4.78 is 20.4. The third kappa shape index (κ3) is 3.67. The van der Waals surface area contributed by atoms with Crippen LogP contribution in [0.5, 0.6) is 5.75 Å². The van der Waals surface area contributed by atoms with Gasteiger partial charge in [0, 0.05) is 13.6 Å². The molecule has 0 unspecified atom stereocenters. The van der Waals surface area contributed by atoms with E-state index in [1.54, 1.807) is 6.07 Å². The van der Waals surface area contributed by atoms with Crippen LogP contribution in [-0.4, -0.2) is 0 Å². The number of hydrogen-bond acceptors (Lipinski definition) is 1. The maximum Gasteiger partial charge on any atom is 0.124 e. The van der Waals surface area contributed by atoms with E-state index in [0.717, 1.165) is 19.4 Å². The van der Waals surface area contributed by atoms with Crippen LogP contribution in [0.3, 0.4) is 0 Å². The van der Waals surface area contributed by atoms with Gasteiger partial charge >= 0.3 is 0 Å². The Bertz CT molecular complexity index is 513. The molecule has 0 radical (unpaired) electrons. The minimum Gasteiger partial charge on any atom is -0.489 e. The van der Waals surface area contributed by atoms with Gasteiger partial charge in [-0.3, -0.25) is 0 Å². The fourth-order valence-electron chi connectivity index (χ4n) is 1.33. The lowest BCUT2D eigenvalue weighted by Gasteiger charge is -2.08. The van der Waals surface area contributed by atoms with Gasteiger partial charge in [-0.25, -0.2) is 4.39 Å². The first kappa shape index (κ1) is 12.8. The summed E-state index contributed by atoms with van der Waals surface area (Å²) in [5.41, 5.74) is 0.921. The molecule has 0 fully saturated rings. The Labute approximate surface area is 121 Å². The van der Waals surface area contributed by atoms with Crippen molar-refractivity contribution in [1.29, 1.82) is 0 Å². The number of rotatable bonds is 3. The summed E-state index contributed by atoms with van der Waals surface area (Å²) in [5, 5.41) is 0. The Morgan fingerprint density at radius 1 is 1.12 bits per heavy atom. The van der Waals surface area contributed by atoms with Crippen LogP contribution >= 0.6 is 38.5 Å². The van der Waals surface area contributed by atoms with Crippen LogP contribution in [-0.2, 0) is 6.61 Å². The zero-order valence-electron chi connectivity index (χ0n) is 8.79. The average molecular weight is 407 g/mol. The smallest absolute Gasteiger partial charge is 0.124 e. The van der Waals surface area contributed by atoms with Crippen LogP contribution in [0.2, 0.25) is 0 Å². The molecule has 0 aromatic heterocycles. The van der Waals surface area contributed by atoms with Gasteiger partial charge in [0.15, 0.2) is 0 Å². The first-order valence-corrected chi connectivity index (χ1v) is 6.84. The molecule has 0 saturated carbocycles. The number of benzene rings is 2. The van der Waals surface area contributed by atoms with E-state index >= 15 is 0 Å². The second kappa shape index (κ2) is 5.82. The third-order valence-corrected chi connectivity index (χ3v) is 3.68. The predicted octanol–water partition coefficient (Wildman–Crippen LogP) is 4.77. The molecule has 0 aliphatic rings. The molecule has 1 nitrogen and oxygen atoms in total. The molecule has 0 saturated heterocycles. The lowest BCUT2D eigenvalue weighted by molar-refractivity contribution is 0.305. The van der Waals surface area contributed by atoms with Crippen molar-refractivity contribution in [2.24, 2.45) is 0 Å². The second-order valence-corrected chi connectivity index (χ2v) is 5.58. The maximum absolute atomic E-state index is 12.9. The van der Waals surface area contributed by atoms with Gasteiger partial charge < -0.3 is 4.74 Å². The summed E-state index contributed by atoms with van der Waals surface area (Å²) >= 11 is 5.55. The third-order valence-electron chi connectivity index (χ3n) is 2.22. The second-order valence-electron chi connectivity index (χ2n) is 3.48. The van der Waals surface area contributed by atoms with Crippen LogP contribution < -0.4 is 4.74 Å². The summed E-state index contributed by atoms with van der Waals surface area (Å²) in [6, 6.07) is 12.4. The minimum absolute atomic E-state index is 0.255. The Hall–Kier alpha value is -0.620. The normalized spacial score (nSPS) is 10.3. The molecule has 0 atom stereocenters. The number of ether oxygens (including phenoxy) is 1. The largest absolute Gasteiger partial charge is 0.489 e. The van der Waals surface area contributed by atoms with Gasteiger partial charge in [0.25, 0.3) is 0 Å². The molecule has 2 aromatic carbocycles. The molecule has 0 aliphatic carbocycles. The van der Waals surface area contributed by atoms with Gasteiger partial charge in [-0.15, -0.1) is 0 Å². The van der Waals surface area contributed by atoms with E-state index in [9.17, 15) is 4.39 Å². The standard InChI is InChI=1S/C13H9BrFIO/c14-13-7-10(15)2-1-9(13)8-17-12-5-3-11(16)4-6-12/h1-7H,8H2. The highest BCUT2D eigenvalue weighted by atomic mass is 127. The quantitative estimate of drug-likeness (QED) is 0.667. The lowest BCUT2D eigenvalue weighted by Crippen LogP contribution is -1.96. The molecular formula is C13H9BrFIO. The average Bonchev–Trinajstić information content (AvgIpc) is 2.30. The highest BCUT2D eigenvalue weighted by molar-refractivity contribution is 14.1. The molecule has 0 aliphatic heterocycles. The molecule has 17 heavy (non-hydrogen) atoms. The van der Waals surface area contributed by atoms with E-state index in [-0.39, 0.29) is 5.82 Å². The van der Waals surface area contributed by atoms with Crippen LogP contribution in [0, 0.1) is 9.39 Å². The van der Waals surface area contributed by atoms with Crippen molar-refractivity contribution in [3.63, 3.8) is 0 Å². The van der Waals surface area contributed by atoms with Crippen LogP contribution in [0.4, 0.5) is 4.39 Å². The molecule has 0 heterocycles. The minimum atomic E-state index is -0.255. The van der Waals surface area contributed by atoms with E-state index in [2.05, 4.69) is 38.5 Å². The molecule has 2 aromatic rings. The summed E-state index contributed by atoms with van der Waals surface area (Å²) in [5.74, 6) is 0.552. The molecule has 4 heteroatoms. The van der Waals surface area contributed by atoms with Crippen molar-refractivity contribution in [2.75, 3.05) is 0 Å². The molecule has 2 rings (SSSR count). The van der Waals surface area contributed by atoms with Crippen molar-refractivity contribution >= 4 is 38.5 Å². The first-order valence-electron chi connectivity index (χ1n) is 4.97.